The molecule has 0 bridgehead atoms. The van der Waals surface area contributed by atoms with Gasteiger partial charge in [-0.3, -0.25) is 0 Å². The highest BCUT2D eigenvalue weighted by Crippen LogP contribution is 2.06. The van der Waals surface area contributed by atoms with E-state index in [0.717, 1.165) is 18.4 Å². The van der Waals surface area contributed by atoms with Gasteiger partial charge in [0, 0.05) is 0 Å². The van der Waals surface area contributed by atoms with Crippen molar-refractivity contribution in [3.63, 3.8) is 0 Å². The second-order valence-corrected chi connectivity index (χ2v) is 4.01. The predicted octanol–water partition coefficient (Wildman–Crippen LogP) is 3.12. The smallest absolute Gasteiger partial charge is 0.0517 e. The first-order chi connectivity index (χ1) is 6.86. The molecule has 0 amide bonds. The van der Waals surface area contributed by atoms with Gasteiger partial charge in [0.05, 0.1) is 5.45 Å². The summed E-state index contributed by atoms with van der Waals surface area (Å²) in [5.74, 6) is 0. The van der Waals surface area contributed by atoms with E-state index in [4.69, 9.17) is 0 Å². The van der Waals surface area contributed by atoms with Crippen LogP contribution in [0.5, 0.6) is 0 Å². The minimum atomic E-state index is 0.876. The average molecular weight is 256 g/mol. The molecule has 0 saturated carbocycles. The molecule has 0 spiro atoms. The van der Waals surface area contributed by atoms with E-state index in [2.05, 4.69) is 52.4 Å². The van der Waals surface area contributed by atoms with Crippen LogP contribution >= 0.6 is 15.9 Å². The van der Waals surface area contributed by atoms with Crippen molar-refractivity contribution in [3.8, 4) is 0 Å². The highest BCUT2D eigenvalue weighted by molar-refractivity contribution is 9.09. The Balaban J connectivity index is 2.38. The molecule has 0 heterocycles. The molecule has 0 atom stereocenters. The van der Waals surface area contributed by atoms with Gasteiger partial charge in [-0.2, -0.15) is 0 Å². The molecular formula is C12H18BrN. The SMILES string of the molecule is CCCc1ccc(CCNCBr)cc1. The van der Waals surface area contributed by atoms with Gasteiger partial charge in [0.1, 0.15) is 0 Å². The fourth-order valence-corrected chi connectivity index (χ4v) is 1.74. The lowest BCUT2D eigenvalue weighted by atomic mass is 10.1. The lowest BCUT2D eigenvalue weighted by molar-refractivity contribution is 0.778. The molecule has 1 rings (SSSR count). The quantitative estimate of drug-likeness (QED) is 0.468. The fourth-order valence-electron chi connectivity index (χ4n) is 1.46. The summed E-state index contributed by atoms with van der Waals surface area (Å²) in [6.07, 6.45) is 3.53. The molecule has 0 aromatic heterocycles. The number of nitrogens with one attached hydrogen (secondary N) is 1. The number of alkyl halides is 1. The van der Waals surface area contributed by atoms with E-state index in [1.54, 1.807) is 0 Å². The summed E-state index contributed by atoms with van der Waals surface area (Å²) in [6.45, 7) is 3.26. The second-order valence-electron chi connectivity index (χ2n) is 3.45. The maximum atomic E-state index is 3.34. The lowest BCUT2D eigenvalue weighted by Gasteiger charge is -2.03. The van der Waals surface area contributed by atoms with Crippen molar-refractivity contribution in [1.82, 2.24) is 5.32 Å². The zero-order valence-electron chi connectivity index (χ0n) is 8.72. The number of halogens is 1. The third-order valence-corrected chi connectivity index (χ3v) is 2.64. The monoisotopic (exact) mass is 255 g/mol. The van der Waals surface area contributed by atoms with E-state index in [-0.39, 0.29) is 0 Å². The Hall–Kier alpha value is -0.340. The first-order valence-corrected chi connectivity index (χ1v) is 6.33. The van der Waals surface area contributed by atoms with Gasteiger partial charge in [-0.05, 0) is 30.5 Å². The molecule has 0 aliphatic heterocycles. The molecule has 78 valence electrons. The molecule has 1 N–H and O–H groups in total. The molecule has 0 unspecified atom stereocenters. The highest BCUT2D eigenvalue weighted by atomic mass is 79.9. The van der Waals surface area contributed by atoms with Crippen molar-refractivity contribution in [3.05, 3.63) is 35.4 Å². The van der Waals surface area contributed by atoms with Crippen LogP contribution in [0.3, 0.4) is 0 Å². The first-order valence-electron chi connectivity index (χ1n) is 5.21. The van der Waals surface area contributed by atoms with Crippen molar-refractivity contribution in [2.75, 3.05) is 12.0 Å². The minimum absolute atomic E-state index is 0.876. The largest absolute Gasteiger partial charge is 0.307 e. The third kappa shape index (κ3) is 4.25. The van der Waals surface area contributed by atoms with Crippen LogP contribution in [0.1, 0.15) is 24.5 Å². The number of hydrogen-bond acceptors (Lipinski definition) is 1. The molecule has 2 heteroatoms. The van der Waals surface area contributed by atoms with Gasteiger partial charge in [0.2, 0.25) is 0 Å². The Labute approximate surface area is 95.0 Å². The fraction of sp³-hybridized carbons (Fsp3) is 0.500. The van der Waals surface area contributed by atoms with Crippen molar-refractivity contribution in [2.24, 2.45) is 0 Å². The lowest BCUT2D eigenvalue weighted by Crippen LogP contribution is -2.14. The Kier molecular flexibility index (Phi) is 5.88. The molecule has 1 nitrogen and oxygen atoms in total. The number of aryl methyl sites for hydroxylation is 1. The van der Waals surface area contributed by atoms with Gasteiger partial charge in [0.15, 0.2) is 0 Å². The summed E-state index contributed by atoms with van der Waals surface area (Å²) in [4.78, 5) is 0. The molecule has 0 saturated heterocycles. The Morgan fingerprint density at radius 3 is 2.14 bits per heavy atom. The maximum Gasteiger partial charge on any atom is 0.0517 e. The molecule has 0 aliphatic rings. The first kappa shape index (κ1) is 11.7. The molecule has 0 fully saturated rings. The van der Waals surface area contributed by atoms with Crippen LogP contribution in [0.15, 0.2) is 24.3 Å². The predicted molar refractivity (Wildman–Crippen MR) is 65.9 cm³/mol. The van der Waals surface area contributed by atoms with Gasteiger partial charge in [0.25, 0.3) is 0 Å². The molecular weight excluding hydrogens is 238 g/mol. The van der Waals surface area contributed by atoms with E-state index in [1.165, 1.54) is 24.0 Å². The maximum absolute atomic E-state index is 3.34. The Morgan fingerprint density at radius 2 is 1.64 bits per heavy atom. The molecule has 14 heavy (non-hydrogen) atoms. The molecule has 0 aliphatic carbocycles. The van der Waals surface area contributed by atoms with Crippen molar-refractivity contribution in [1.29, 1.82) is 0 Å². The van der Waals surface area contributed by atoms with Crippen LogP contribution < -0.4 is 5.32 Å². The Bertz CT molecular complexity index is 243. The van der Waals surface area contributed by atoms with Crippen LogP contribution in [-0.4, -0.2) is 12.0 Å². The van der Waals surface area contributed by atoms with Gasteiger partial charge >= 0.3 is 0 Å². The molecule has 1 aromatic rings. The van der Waals surface area contributed by atoms with Gasteiger partial charge in [-0.15, -0.1) is 0 Å². The standard InChI is InChI=1S/C12H18BrN/c1-2-3-11-4-6-12(7-5-11)8-9-14-10-13/h4-7,14H,2-3,8-10H2,1H3. The summed E-state index contributed by atoms with van der Waals surface area (Å²) >= 11 is 3.34. The summed E-state index contributed by atoms with van der Waals surface area (Å²) < 4.78 is 0. The minimum Gasteiger partial charge on any atom is -0.307 e. The van der Waals surface area contributed by atoms with Crippen LogP contribution in [0.4, 0.5) is 0 Å². The number of rotatable bonds is 6. The van der Waals surface area contributed by atoms with Crippen LogP contribution in [-0.2, 0) is 12.8 Å². The van der Waals surface area contributed by atoms with Crippen LogP contribution in [0.25, 0.3) is 0 Å². The zero-order valence-corrected chi connectivity index (χ0v) is 10.3. The summed E-state index contributed by atoms with van der Waals surface area (Å²) in [5.41, 5.74) is 3.74. The van der Waals surface area contributed by atoms with E-state index >= 15 is 0 Å². The van der Waals surface area contributed by atoms with Gasteiger partial charge < -0.3 is 5.32 Å². The number of hydrogen-bond donors (Lipinski definition) is 1. The zero-order chi connectivity index (χ0) is 10.2. The molecule has 0 radical (unpaired) electrons. The van der Waals surface area contributed by atoms with Crippen molar-refractivity contribution >= 4 is 15.9 Å². The summed E-state index contributed by atoms with van der Waals surface area (Å²) in [7, 11) is 0. The van der Waals surface area contributed by atoms with E-state index in [1.807, 2.05) is 0 Å². The van der Waals surface area contributed by atoms with E-state index < -0.39 is 0 Å². The van der Waals surface area contributed by atoms with Gasteiger partial charge in [-0.25, -0.2) is 0 Å². The summed E-state index contributed by atoms with van der Waals surface area (Å²) in [6, 6.07) is 8.96. The second kappa shape index (κ2) is 7.02. The highest BCUT2D eigenvalue weighted by Gasteiger charge is 1.93. The topological polar surface area (TPSA) is 12.0 Å². The third-order valence-electron chi connectivity index (χ3n) is 2.25. The Morgan fingerprint density at radius 1 is 1.07 bits per heavy atom. The molecule has 1 aromatic carbocycles. The van der Waals surface area contributed by atoms with Crippen molar-refractivity contribution < 1.29 is 0 Å². The van der Waals surface area contributed by atoms with E-state index in [9.17, 15) is 0 Å². The van der Waals surface area contributed by atoms with E-state index in [0.29, 0.717) is 0 Å². The normalized spacial score (nSPS) is 10.4. The van der Waals surface area contributed by atoms with Crippen molar-refractivity contribution in [2.45, 2.75) is 26.2 Å². The summed E-state index contributed by atoms with van der Waals surface area (Å²) in [5, 5.41) is 3.25. The van der Waals surface area contributed by atoms with Crippen LogP contribution in [0.2, 0.25) is 0 Å². The van der Waals surface area contributed by atoms with Crippen LogP contribution in [0, 0.1) is 0 Å². The van der Waals surface area contributed by atoms with Gasteiger partial charge in [-0.1, -0.05) is 53.5 Å². The number of benzene rings is 1. The average Bonchev–Trinajstić information content (AvgIpc) is 2.21.